The van der Waals surface area contributed by atoms with Gasteiger partial charge in [0.05, 0.1) is 5.75 Å². The zero-order valence-corrected chi connectivity index (χ0v) is 13.1. The van der Waals surface area contributed by atoms with Crippen LogP contribution in [0.15, 0.2) is 0 Å². The van der Waals surface area contributed by atoms with Crippen LogP contribution in [0.2, 0.25) is 0 Å². The molecule has 7 heteroatoms. The lowest BCUT2D eigenvalue weighted by atomic mass is 9.92. The zero-order chi connectivity index (χ0) is 14.8. The van der Waals surface area contributed by atoms with Gasteiger partial charge in [-0.3, -0.25) is 4.79 Å². The lowest BCUT2D eigenvalue weighted by Crippen LogP contribution is -2.38. The van der Waals surface area contributed by atoms with Gasteiger partial charge in [-0.25, -0.2) is 13.1 Å². The number of amides is 1. The molecular formula is C13H25N3O3S. The van der Waals surface area contributed by atoms with Crippen LogP contribution in [-0.2, 0) is 14.8 Å². The number of piperidine rings is 1. The number of hydrogen-bond donors (Lipinski definition) is 3. The predicted molar refractivity (Wildman–Crippen MR) is 77.7 cm³/mol. The van der Waals surface area contributed by atoms with Gasteiger partial charge in [-0.15, -0.1) is 0 Å². The molecule has 1 amide bonds. The van der Waals surface area contributed by atoms with Crippen molar-refractivity contribution < 1.29 is 13.2 Å². The summed E-state index contributed by atoms with van der Waals surface area (Å²) in [6.07, 6.45) is 3.06. The van der Waals surface area contributed by atoms with Crippen molar-refractivity contribution in [3.63, 3.8) is 0 Å². The molecule has 1 heterocycles. The molecule has 0 aromatic heterocycles. The molecule has 6 nitrogen and oxygen atoms in total. The van der Waals surface area contributed by atoms with Gasteiger partial charge in [0.25, 0.3) is 0 Å². The third-order valence-corrected chi connectivity index (χ3v) is 5.76. The number of nitrogens with one attached hydrogen (secondary N) is 3. The van der Waals surface area contributed by atoms with Gasteiger partial charge in [-0.05, 0) is 51.6 Å². The lowest BCUT2D eigenvalue weighted by molar-refractivity contribution is -0.123. The highest BCUT2D eigenvalue weighted by Crippen LogP contribution is 2.58. The van der Waals surface area contributed by atoms with Crippen molar-refractivity contribution in [2.24, 2.45) is 11.3 Å². The molecule has 0 aromatic carbocycles. The molecule has 1 aliphatic carbocycles. The fourth-order valence-electron chi connectivity index (χ4n) is 3.05. The quantitative estimate of drug-likeness (QED) is 0.635. The van der Waals surface area contributed by atoms with E-state index in [0.717, 1.165) is 32.4 Å². The first-order valence-electron chi connectivity index (χ1n) is 7.33. The topological polar surface area (TPSA) is 87.3 Å². The van der Waals surface area contributed by atoms with E-state index in [0.29, 0.717) is 0 Å². The Morgan fingerprint density at radius 3 is 2.60 bits per heavy atom. The summed E-state index contributed by atoms with van der Waals surface area (Å²) >= 11 is 0. The van der Waals surface area contributed by atoms with E-state index in [2.05, 4.69) is 15.4 Å². The predicted octanol–water partition coefficient (Wildman–Crippen LogP) is -0.180. The van der Waals surface area contributed by atoms with Crippen LogP contribution in [0.3, 0.4) is 0 Å². The number of carbonyl (C=O) groups is 1. The second kappa shape index (κ2) is 5.99. The molecule has 0 bridgehead atoms. The second-order valence-electron chi connectivity index (χ2n) is 6.25. The lowest BCUT2D eigenvalue weighted by Gasteiger charge is -2.23. The average molecular weight is 303 g/mol. The molecule has 2 rings (SSSR count). The minimum absolute atomic E-state index is 0.0200. The Kier molecular flexibility index (Phi) is 4.71. The first kappa shape index (κ1) is 15.7. The van der Waals surface area contributed by atoms with Gasteiger partial charge >= 0.3 is 0 Å². The maximum Gasteiger partial charge on any atom is 0.223 e. The number of hydrogen-bond acceptors (Lipinski definition) is 4. The minimum Gasteiger partial charge on any atom is -0.355 e. The van der Waals surface area contributed by atoms with E-state index in [4.69, 9.17) is 0 Å². The van der Waals surface area contributed by atoms with Crippen molar-refractivity contribution >= 4 is 15.9 Å². The average Bonchev–Trinajstić information content (AvgIpc) is 3.02. The fraction of sp³-hybridized carbons (Fsp3) is 0.923. The molecule has 1 aliphatic heterocycles. The van der Waals surface area contributed by atoms with Gasteiger partial charge in [0.1, 0.15) is 0 Å². The van der Waals surface area contributed by atoms with Crippen molar-refractivity contribution in [3.8, 4) is 0 Å². The van der Waals surface area contributed by atoms with Gasteiger partial charge in [0.15, 0.2) is 0 Å². The summed E-state index contributed by atoms with van der Waals surface area (Å²) in [5.74, 6) is 0.0510. The molecule has 1 saturated heterocycles. The largest absolute Gasteiger partial charge is 0.355 e. The summed E-state index contributed by atoms with van der Waals surface area (Å²) in [4.78, 5) is 12.0. The smallest absolute Gasteiger partial charge is 0.223 e. The molecule has 20 heavy (non-hydrogen) atoms. The Balaban J connectivity index is 1.72. The molecule has 2 aliphatic rings. The minimum atomic E-state index is -3.29. The van der Waals surface area contributed by atoms with Crippen molar-refractivity contribution in [1.29, 1.82) is 0 Å². The maximum atomic E-state index is 12.0. The van der Waals surface area contributed by atoms with E-state index >= 15 is 0 Å². The van der Waals surface area contributed by atoms with E-state index in [9.17, 15) is 13.2 Å². The second-order valence-corrected chi connectivity index (χ2v) is 8.12. The van der Waals surface area contributed by atoms with Gasteiger partial charge in [0, 0.05) is 18.5 Å². The maximum absolute atomic E-state index is 12.0. The van der Waals surface area contributed by atoms with Gasteiger partial charge in [-0.2, -0.15) is 0 Å². The van der Waals surface area contributed by atoms with E-state index in [1.807, 2.05) is 0 Å². The third-order valence-electron chi connectivity index (χ3n) is 4.19. The van der Waals surface area contributed by atoms with E-state index in [-0.39, 0.29) is 35.6 Å². The summed E-state index contributed by atoms with van der Waals surface area (Å²) in [6, 6.07) is -0.114. The Morgan fingerprint density at radius 2 is 2.00 bits per heavy atom. The van der Waals surface area contributed by atoms with Crippen LogP contribution in [0.5, 0.6) is 0 Å². The van der Waals surface area contributed by atoms with Crippen LogP contribution in [0.1, 0.15) is 33.1 Å². The molecule has 1 unspecified atom stereocenters. The fourth-order valence-corrected chi connectivity index (χ4v) is 4.25. The summed E-state index contributed by atoms with van der Waals surface area (Å²) in [6.45, 7) is 5.71. The van der Waals surface area contributed by atoms with Gasteiger partial charge in [-0.1, -0.05) is 0 Å². The molecule has 3 N–H and O–H groups in total. The highest BCUT2D eigenvalue weighted by molar-refractivity contribution is 7.89. The molecule has 116 valence electrons. The highest BCUT2D eigenvalue weighted by Gasteiger charge is 2.57. The van der Waals surface area contributed by atoms with Crippen LogP contribution >= 0.6 is 0 Å². The van der Waals surface area contributed by atoms with Crippen molar-refractivity contribution in [2.45, 2.75) is 39.2 Å². The van der Waals surface area contributed by atoms with Crippen molar-refractivity contribution in [2.75, 3.05) is 25.4 Å². The Morgan fingerprint density at radius 1 is 1.35 bits per heavy atom. The normalized spacial score (nSPS) is 24.9. The standard InChI is InChI=1S/C13H25N3O3S/c1-10(2)16-20(18,19)8-7-15-12(17)11-9-13(11)3-5-14-6-4-13/h10-11,14,16H,3-9H2,1-2H3,(H,15,17). The molecular weight excluding hydrogens is 278 g/mol. The Labute approximate surface area is 121 Å². The summed E-state index contributed by atoms with van der Waals surface area (Å²) < 4.78 is 25.8. The highest BCUT2D eigenvalue weighted by atomic mass is 32.2. The molecule has 2 fully saturated rings. The van der Waals surface area contributed by atoms with E-state index in [1.54, 1.807) is 13.8 Å². The van der Waals surface area contributed by atoms with Crippen LogP contribution in [0.25, 0.3) is 0 Å². The molecule has 1 spiro atoms. The Bertz CT molecular complexity index is 455. The molecule has 1 saturated carbocycles. The summed E-state index contributed by atoms with van der Waals surface area (Å²) in [5.41, 5.74) is 0.199. The monoisotopic (exact) mass is 303 g/mol. The summed E-state index contributed by atoms with van der Waals surface area (Å²) in [5, 5.41) is 6.07. The molecule has 1 atom stereocenters. The first-order chi connectivity index (χ1) is 9.35. The number of sulfonamides is 1. The zero-order valence-electron chi connectivity index (χ0n) is 12.2. The number of rotatable bonds is 6. The van der Waals surface area contributed by atoms with Crippen LogP contribution in [-0.4, -0.2) is 45.8 Å². The summed E-state index contributed by atoms with van der Waals surface area (Å²) in [7, 11) is -3.29. The SMILES string of the molecule is CC(C)NS(=O)(=O)CCNC(=O)C1CC12CCNCC2. The van der Waals surface area contributed by atoms with E-state index in [1.165, 1.54) is 0 Å². The van der Waals surface area contributed by atoms with Crippen LogP contribution in [0, 0.1) is 11.3 Å². The van der Waals surface area contributed by atoms with Crippen molar-refractivity contribution in [1.82, 2.24) is 15.4 Å². The van der Waals surface area contributed by atoms with Crippen molar-refractivity contribution in [3.05, 3.63) is 0 Å². The third kappa shape index (κ3) is 3.93. The number of carbonyl (C=O) groups excluding carboxylic acids is 1. The van der Waals surface area contributed by atoms with E-state index < -0.39 is 10.0 Å². The van der Waals surface area contributed by atoms with Gasteiger partial charge < -0.3 is 10.6 Å². The van der Waals surface area contributed by atoms with Crippen LogP contribution < -0.4 is 15.4 Å². The van der Waals surface area contributed by atoms with Gasteiger partial charge in [0.2, 0.25) is 15.9 Å². The Hall–Kier alpha value is -0.660. The van der Waals surface area contributed by atoms with Crippen LogP contribution in [0.4, 0.5) is 0 Å². The first-order valence-corrected chi connectivity index (χ1v) is 8.98. The molecule has 0 radical (unpaired) electrons. The molecule has 0 aromatic rings.